The molecule has 0 radical (unpaired) electrons. The Hall–Kier alpha value is -2.30. The second-order valence-corrected chi connectivity index (χ2v) is 5.24. The van der Waals surface area contributed by atoms with Crippen LogP contribution < -0.4 is 5.73 Å². The van der Waals surface area contributed by atoms with Gasteiger partial charge in [-0.15, -0.1) is 0 Å². The fourth-order valence-electron chi connectivity index (χ4n) is 2.96. The van der Waals surface area contributed by atoms with Crippen LogP contribution in [-0.4, -0.2) is 27.6 Å². The minimum Gasteiger partial charge on any atom is -0.396 e. The maximum absolute atomic E-state index is 12.6. The standard InChI is InChI=1S/C15H18N4O/c1-18(15(20)14-12(16)9-17-19(14)2)13-8-7-10-5-3-4-6-11(10)13/h3-6,9,13H,7-8,16H2,1-2H3. The van der Waals surface area contributed by atoms with Crippen molar-refractivity contribution in [2.45, 2.75) is 18.9 Å². The fourth-order valence-corrected chi connectivity index (χ4v) is 2.96. The fraction of sp³-hybridized carbons (Fsp3) is 0.333. The van der Waals surface area contributed by atoms with Gasteiger partial charge in [0, 0.05) is 14.1 Å². The molecule has 1 atom stereocenters. The Kier molecular flexibility index (Phi) is 2.97. The van der Waals surface area contributed by atoms with Crippen molar-refractivity contribution in [1.29, 1.82) is 0 Å². The molecule has 1 aliphatic carbocycles. The summed E-state index contributed by atoms with van der Waals surface area (Å²) < 4.78 is 1.54. The molecule has 1 aromatic carbocycles. The van der Waals surface area contributed by atoms with Crippen LogP contribution in [0.4, 0.5) is 5.69 Å². The molecule has 104 valence electrons. The van der Waals surface area contributed by atoms with E-state index in [-0.39, 0.29) is 11.9 Å². The average molecular weight is 270 g/mol. The minimum atomic E-state index is -0.0794. The van der Waals surface area contributed by atoms with Gasteiger partial charge in [0.25, 0.3) is 5.91 Å². The van der Waals surface area contributed by atoms with Crippen LogP contribution >= 0.6 is 0 Å². The van der Waals surface area contributed by atoms with Crippen LogP contribution in [-0.2, 0) is 13.5 Å². The molecule has 1 aromatic heterocycles. The van der Waals surface area contributed by atoms with E-state index in [1.54, 1.807) is 11.9 Å². The molecule has 3 rings (SSSR count). The second-order valence-electron chi connectivity index (χ2n) is 5.24. The van der Waals surface area contributed by atoms with Crippen LogP contribution in [0.1, 0.15) is 34.1 Å². The normalized spacial score (nSPS) is 17.0. The lowest BCUT2D eigenvalue weighted by Crippen LogP contribution is -2.32. The lowest BCUT2D eigenvalue weighted by atomic mass is 10.1. The third kappa shape index (κ3) is 1.86. The van der Waals surface area contributed by atoms with Crippen molar-refractivity contribution >= 4 is 11.6 Å². The highest BCUT2D eigenvalue weighted by molar-refractivity contribution is 5.97. The Morgan fingerprint density at radius 1 is 1.45 bits per heavy atom. The number of hydrogen-bond acceptors (Lipinski definition) is 3. The van der Waals surface area contributed by atoms with E-state index in [1.807, 2.05) is 19.2 Å². The van der Waals surface area contributed by atoms with Crippen LogP contribution in [0.3, 0.4) is 0 Å². The summed E-state index contributed by atoms with van der Waals surface area (Å²) in [5, 5.41) is 4.03. The van der Waals surface area contributed by atoms with Gasteiger partial charge in [0.05, 0.1) is 17.9 Å². The number of fused-ring (bicyclic) bond motifs is 1. The Morgan fingerprint density at radius 2 is 2.20 bits per heavy atom. The number of carbonyl (C=O) groups excluding carboxylic acids is 1. The molecule has 5 nitrogen and oxygen atoms in total. The van der Waals surface area contributed by atoms with Crippen LogP contribution in [0.25, 0.3) is 0 Å². The zero-order valence-electron chi connectivity index (χ0n) is 11.7. The Morgan fingerprint density at radius 3 is 2.90 bits per heavy atom. The average Bonchev–Trinajstić information content (AvgIpc) is 3.01. The van der Waals surface area contributed by atoms with Crippen LogP contribution in [0.15, 0.2) is 30.5 Å². The number of benzene rings is 1. The monoisotopic (exact) mass is 270 g/mol. The van der Waals surface area contributed by atoms with Crippen molar-refractivity contribution < 1.29 is 4.79 Å². The number of rotatable bonds is 2. The van der Waals surface area contributed by atoms with E-state index in [0.717, 1.165) is 12.8 Å². The quantitative estimate of drug-likeness (QED) is 0.904. The predicted octanol–water partition coefficient (Wildman–Crippen LogP) is 1.76. The van der Waals surface area contributed by atoms with Gasteiger partial charge < -0.3 is 10.6 Å². The first-order valence-electron chi connectivity index (χ1n) is 6.72. The van der Waals surface area contributed by atoms with Crippen molar-refractivity contribution in [2.24, 2.45) is 7.05 Å². The second kappa shape index (κ2) is 4.67. The molecule has 1 aliphatic rings. The molecule has 5 heteroatoms. The van der Waals surface area contributed by atoms with Crippen LogP contribution in [0, 0.1) is 0 Å². The molecule has 20 heavy (non-hydrogen) atoms. The first kappa shape index (κ1) is 12.7. The van der Waals surface area contributed by atoms with Gasteiger partial charge in [-0.05, 0) is 24.0 Å². The molecule has 0 spiro atoms. The molecule has 0 aliphatic heterocycles. The third-order valence-electron chi connectivity index (χ3n) is 4.06. The van der Waals surface area contributed by atoms with Gasteiger partial charge >= 0.3 is 0 Å². The molecule has 0 saturated heterocycles. The van der Waals surface area contributed by atoms with E-state index >= 15 is 0 Å². The molecular weight excluding hydrogens is 252 g/mol. The van der Waals surface area contributed by atoms with E-state index in [1.165, 1.54) is 22.0 Å². The van der Waals surface area contributed by atoms with E-state index in [9.17, 15) is 4.79 Å². The zero-order valence-corrected chi connectivity index (χ0v) is 11.7. The maximum atomic E-state index is 12.6. The highest BCUT2D eigenvalue weighted by Crippen LogP contribution is 2.35. The summed E-state index contributed by atoms with van der Waals surface area (Å²) in [5.41, 5.74) is 9.29. The van der Waals surface area contributed by atoms with E-state index in [0.29, 0.717) is 11.4 Å². The molecule has 0 fully saturated rings. The summed E-state index contributed by atoms with van der Waals surface area (Å²) >= 11 is 0. The molecule has 1 amide bonds. The van der Waals surface area contributed by atoms with E-state index < -0.39 is 0 Å². The maximum Gasteiger partial charge on any atom is 0.274 e. The third-order valence-corrected chi connectivity index (χ3v) is 4.06. The van der Waals surface area contributed by atoms with Crippen molar-refractivity contribution in [1.82, 2.24) is 14.7 Å². The number of hydrogen-bond donors (Lipinski definition) is 1. The van der Waals surface area contributed by atoms with Gasteiger partial charge in [0.1, 0.15) is 5.69 Å². The van der Waals surface area contributed by atoms with E-state index in [4.69, 9.17) is 5.73 Å². The number of amides is 1. The van der Waals surface area contributed by atoms with Crippen molar-refractivity contribution in [2.75, 3.05) is 12.8 Å². The Bertz CT molecular complexity index is 642. The highest BCUT2D eigenvalue weighted by atomic mass is 16.2. The lowest BCUT2D eigenvalue weighted by Gasteiger charge is -2.25. The van der Waals surface area contributed by atoms with E-state index in [2.05, 4.69) is 17.2 Å². The molecule has 1 heterocycles. The summed E-state index contributed by atoms with van der Waals surface area (Å²) in [7, 11) is 3.57. The highest BCUT2D eigenvalue weighted by Gasteiger charge is 2.30. The lowest BCUT2D eigenvalue weighted by molar-refractivity contribution is 0.0720. The SMILES string of the molecule is CN(C(=O)c1c(N)cnn1C)C1CCc2ccccc21. The van der Waals surface area contributed by atoms with Crippen LogP contribution in [0.5, 0.6) is 0 Å². The van der Waals surface area contributed by atoms with Gasteiger partial charge in [-0.25, -0.2) is 0 Å². The molecule has 0 bridgehead atoms. The number of nitrogens with two attached hydrogens (primary N) is 1. The first-order chi connectivity index (χ1) is 9.59. The molecule has 2 N–H and O–H groups in total. The van der Waals surface area contributed by atoms with Crippen molar-refractivity contribution in [3.05, 3.63) is 47.3 Å². The number of aryl methyl sites for hydroxylation is 2. The summed E-state index contributed by atoms with van der Waals surface area (Å²) in [5.74, 6) is -0.0794. The zero-order chi connectivity index (χ0) is 14.3. The topological polar surface area (TPSA) is 64.2 Å². The van der Waals surface area contributed by atoms with Crippen LogP contribution in [0.2, 0.25) is 0 Å². The molecule has 2 aromatic rings. The predicted molar refractivity (Wildman–Crippen MR) is 77.2 cm³/mol. The summed E-state index contributed by atoms with van der Waals surface area (Å²) in [4.78, 5) is 14.4. The number of nitrogen functional groups attached to an aromatic ring is 1. The molecule has 1 unspecified atom stereocenters. The number of carbonyl (C=O) groups is 1. The summed E-state index contributed by atoms with van der Waals surface area (Å²) in [6, 6.07) is 8.42. The van der Waals surface area contributed by atoms with Gasteiger partial charge in [-0.1, -0.05) is 24.3 Å². The number of nitrogens with zero attached hydrogens (tertiary/aromatic N) is 3. The molecular formula is C15H18N4O. The van der Waals surface area contributed by atoms with Gasteiger partial charge in [-0.2, -0.15) is 5.10 Å². The van der Waals surface area contributed by atoms with Gasteiger partial charge in [-0.3, -0.25) is 9.48 Å². The summed E-state index contributed by atoms with van der Waals surface area (Å²) in [6.07, 6.45) is 3.49. The molecule has 0 saturated carbocycles. The van der Waals surface area contributed by atoms with Crippen molar-refractivity contribution in [3.63, 3.8) is 0 Å². The number of anilines is 1. The first-order valence-corrected chi connectivity index (χ1v) is 6.72. The Balaban J connectivity index is 1.91. The Labute approximate surface area is 118 Å². The smallest absolute Gasteiger partial charge is 0.274 e. The summed E-state index contributed by atoms with van der Waals surface area (Å²) in [6.45, 7) is 0. The van der Waals surface area contributed by atoms with Gasteiger partial charge in [0.15, 0.2) is 0 Å². The minimum absolute atomic E-state index is 0.0794. The largest absolute Gasteiger partial charge is 0.396 e. The van der Waals surface area contributed by atoms with Crippen molar-refractivity contribution in [3.8, 4) is 0 Å². The van der Waals surface area contributed by atoms with Gasteiger partial charge in [0.2, 0.25) is 0 Å². The number of aromatic nitrogens is 2.